The zero-order valence-electron chi connectivity index (χ0n) is 10.9. The molecule has 0 spiro atoms. The number of fused-ring (bicyclic) bond motifs is 1. The average molecular weight is 330 g/mol. The van der Waals surface area contributed by atoms with E-state index in [2.05, 4.69) is 39.4 Å². The van der Waals surface area contributed by atoms with Crippen molar-refractivity contribution in [3.8, 4) is 0 Å². The lowest BCUT2D eigenvalue weighted by atomic mass is 10.1. The van der Waals surface area contributed by atoms with Gasteiger partial charge >= 0.3 is 0 Å². The van der Waals surface area contributed by atoms with Gasteiger partial charge in [-0.1, -0.05) is 22.0 Å². The van der Waals surface area contributed by atoms with Crippen LogP contribution in [0.2, 0.25) is 0 Å². The van der Waals surface area contributed by atoms with Crippen LogP contribution in [0.25, 0.3) is 0 Å². The highest BCUT2D eigenvalue weighted by Gasteiger charge is 2.26. The molecule has 0 heterocycles. The Morgan fingerprint density at radius 2 is 2.33 bits per heavy atom. The average Bonchev–Trinajstić information content (AvgIpc) is 2.68. The minimum atomic E-state index is -0.627. The normalized spacial score (nSPS) is 21.7. The molecule has 2 atom stereocenters. The minimum Gasteiger partial charge on any atom is -0.388 e. The van der Waals surface area contributed by atoms with E-state index in [1.165, 1.54) is 11.1 Å². The maximum Gasteiger partial charge on any atom is 0.0833 e. The van der Waals surface area contributed by atoms with Crippen molar-refractivity contribution in [1.29, 1.82) is 0 Å². The summed E-state index contributed by atoms with van der Waals surface area (Å²) in [5, 5.41) is 13.7. The van der Waals surface area contributed by atoms with Gasteiger partial charge < -0.3 is 10.4 Å². The second-order valence-corrected chi connectivity index (χ2v) is 7.03. The minimum absolute atomic E-state index is 0.390. The van der Waals surface area contributed by atoms with Crippen molar-refractivity contribution in [3.05, 3.63) is 33.8 Å². The van der Waals surface area contributed by atoms with Crippen LogP contribution in [0.15, 0.2) is 22.7 Å². The van der Waals surface area contributed by atoms with Crippen molar-refractivity contribution in [2.45, 2.75) is 31.4 Å². The first-order valence-corrected chi connectivity index (χ1v) is 8.43. The fourth-order valence-corrected chi connectivity index (χ4v) is 3.64. The highest BCUT2D eigenvalue weighted by molar-refractivity contribution is 9.10. The summed E-state index contributed by atoms with van der Waals surface area (Å²) in [7, 11) is 0. The number of aryl methyl sites for hydroxylation is 1. The molecule has 2 N–H and O–H groups in total. The molecule has 18 heavy (non-hydrogen) atoms. The van der Waals surface area contributed by atoms with Crippen LogP contribution < -0.4 is 5.32 Å². The molecule has 1 aromatic carbocycles. The van der Waals surface area contributed by atoms with Gasteiger partial charge in [-0.15, -0.1) is 0 Å². The Morgan fingerprint density at radius 1 is 1.56 bits per heavy atom. The fourth-order valence-electron chi connectivity index (χ4n) is 2.50. The lowest BCUT2D eigenvalue weighted by Crippen LogP contribution is -2.41. The van der Waals surface area contributed by atoms with Gasteiger partial charge in [0.2, 0.25) is 0 Å². The molecule has 4 heteroatoms. The molecule has 1 aliphatic rings. The summed E-state index contributed by atoms with van der Waals surface area (Å²) >= 11 is 5.20. The summed E-state index contributed by atoms with van der Waals surface area (Å²) < 4.78 is 1.15. The molecule has 1 aliphatic carbocycles. The summed E-state index contributed by atoms with van der Waals surface area (Å²) in [5.41, 5.74) is 2.18. The Morgan fingerprint density at radius 3 is 3.06 bits per heavy atom. The standard InChI is InChI=1S/C14H20BrNOS/c1-14(17,9-18-2)8-16-13-6-3-10-7-11(15)4-5-12(10)13/h4-5,7,13,16-17H,3,6,8-9H2,1-2H3. The molecule has 100 valence electrons. The monoisotopic (exact) mass is 329 g/mol. The van der Waals surface area contributed by atoms with Crippen molar-refractivity contribution in [2.24, 2.45) is 0 Å². The predicted molar refractivity (Wildman–Crippen MR) is 82.2 cm³/mol. The van der Waals surface area contributed by atoms with E-state index in [-0.39, 0.29) is 0 Å². The van der Waals surface area contributed by atoms with Crippen molar-refractivity contribution < 1.29 is 5.11 Å². The van der Waals surface area contributed by atoms with Gasteiger partial charge in [0.05, 0.1) is 5.60 Å². The van der Waals surface area contributed by atoms with Gasteiger partial charge in [0.25, 0.3) is 0 Å². The number of hydrogen-bond acceptors (Lipinski definition) is 3. The van der Waals surface area contributed by atoms with E-state index in [9.17, 15) is 5.11 Å². The largest absolute Gasteiger partial charge is 0.388 e. The molecule has 2 rings (SSSR count). The van der Waals surface area contributed by atoms with Gasteiger partial charge in [-0.3, -0.25) is 0 Å². The molecule has 0 saturated carbocycles. The maximum atomic E-state index is 10.2. The quantitative estimate of drug-likeness (QED) is 0.870. The lowest BCUT2D eigenvalue weighted by Gasteiger charge is -2.25. The van der Waals surface area contributed by atoms with E-state index >= 15 is 0 Å². The fraction of sp³-hybridized carbons (Fsp3) is 0.571. The van der Waals surface area contributed by atoms with Gasteiger partial charge in [0, 0.05) is 22.8 Å². The predicted octanol–water partition coefficient (Wildman–Crippen LogP) is 3.14. The summed E-state index contributed by atoms with van der Waals surface area (Å²) in [4.78, 5) is 0. The molecule has 0 aromatic heterocycles. The number of hydrogen-bond donors (Lipinski definition) is 2. The third-order valence-electron chi connectivity index (χ3n) is 3.37. The van der Waals surface area contributed by atoms with Crippen LogP contribution in [0, 0.1) is 0 Å². The van der Waals surface area contributed by atoms with E-state index in [1.54, 1.807) is 11.8 Å². The van der Waals surface area contributed by atoms with Gasteiger partial charge in [-0.2, -0.15) is 11.8 Å². The SMILES string of the molecule is CSCC(C)(O)CNC1CCc2cc(Br)ccc21. The molecule has 0 fully saturated rings. The molecule has 1 aromatic rings. The van der Waals surface area contributed by atoms with Gasteiger partial charge in [-0.25, -0.2) is 0 Å². The Hall–Kier alpha value is -0.0300. The van der Waals surface area contributed by atoms with E-state index in [4.69, 9.17) is 0 Å². The van der Waals surface area contributed by atoms with Crippen molar-refractivity contribution in [3.63, 3.8) is 0 Å². The third kappa shape index (κ3) is 3.50. The van der Waals surface area contributed by atoms with Crippen LogP contribution in [-0.4, -0.2) is 29.3 Å². The van der Waals surface area contributed by atoms with Crippen molar-refractivity contribution in [1.82, 2.24) is 5.32 Å². The van der Waals surface area contributed by atoms with Crippen LogP contribution in [0.5, 0.6) is 0 Å². The first-order chi connectivity index (χ1) is 8.52. The van der Waals surface area contributed by atoms with Crippen molar-refractivity contribution >= 4 is 27.7 Å². The van der Waals surface area contributed by atoms with E-state index in [0.29, 0.717) is 12.6 Å². The Kier molecular flexibility index (Phi) is 4.75. The Bertz CT molecular complexity index is 422. The summed E-state index contributed by atoms with van der Waals surface area (Å²) in [6, 6.07) is 6.88. The number of aliphatic hydroxyl groups is 1. The van der Waals surface area contributed by atoms with E-state index in [1.807, 2.05) is 13.2 Å². The number of thioether (sulfide) groups is 1. The van der Waals surface area contributed by atoms with Crippen LogP contribution in [-0.2, 0) is 6.42 Å². The molecular weight excluding hydrogens is 310 g/mol. The van der Waals surface area contributed by atoms with E-state index < -0.39 is 5.60 Å². The number of benzene rings is 1. The molecule has 2 nitrogen and oxygen atoms in total. The van der Waals surface area contributed by atoms with Crippen LogP contribution in [0.3, 0.4) is 0 Å². The van der Waals surface area contributed by atoms with Gasteiger partial charge in [0.15, 0.2) is 0 Å². The Balaban J connectivity index is 1.98. The van der Waals surface area contributed by atoms with Gasteiger partial charge in [-0.05, 0) is 49.3 Å². The van der Waals surface area contributed by atoms with Gasteiger partial charge in [0.1, 0.15) is 0 Å². The summed E-state index contributed by atoms with van der Waals surface area (Å²) in [6.45, 7) is 2.54. The Labute approximate surface area is 122 Å². The highest BCUT2D eigenvalue weighted by atomic mass is 79.9. The summed E-state index contributed by atoms with van der Waals surface area (Å²) in [6.07, 6.45) is 4.27. The first-order valence-electron chi connectivity index (χ1n) is 6.25. The molecule has 2 unspecified atom stereocenters. The second-order valence-electron chi connectivity index (χ2n) is 5.25. The molecular formula is C14H20BrNOS. The second kappa shape index (κ2) is 5.95. The number of nitrogens with one attached hydrogen (secondary N) is 1. The topological polar surface area (TPSA) is 32.3 Å². The van der Waals surface area contributed by atoms with Crippen LogP contribution in [0.1, 0.15) is 30.5 Å². The first kappa shape index (κ1) is 14.4. The summed E-state index contributed by atoms with van der Waals surface area (Å²) in [5.74, 6) is 0.764. The molecule has 0 bridgehead atoms. The molecule has 0 radical (unpaired) electrons. The van der Waals surface area contributed by atoms with Crippen molar-refractivity contribution in [2.75, 3.05) is 18.6 Å². The highest BCUT2D eigenvalue weighted by Crippen LogP contribution is 2.33. The van der Waals surface area contributed by atoms with E-state index in [0.717, 1.165) is 23.1 Å². The third-order valence-corrected chi connectivity index (χ3v) is 4.77. The van der Waals surface area contributed by atoms with Crippen LogP contribution in [0.4, 0.5) is 0 Å². The smallest absolute Gasteiger partial charge is 0.0833 e. The van der Waals surface area contributed by atoms with Crippen LogP contribution >= 0.6 is 27.7 Å². The molecule has 0 saturated heterocycles. The maximum absolute atomic E-state index is 10.2. The molecule has 0 amide bonds. The molecule has 0 aliphatic heterocycles. The number of halogens is 1. The number of rotatable bonds is 5. The zero-order valence-corrected chi connectivity index (χ0v) is 13.3. The lowest BCUT2D eigenvalue weighted by molar-refractivity contribution is 0.0814. The zero-order chi connectivity index (χ0) is 13.2.